The molecule has 0 aliphatic carbocycles. The van der Waals surface area contributed by atoms with Crippen LogP contribution in [0.25, 0.3) is 0 Å². The Morgan fingerprint density at radius 1 is 1.39 bits per heavy atom. The number of nitrogens with zero attached hydrogens (tertiary/aromatic N) is 1. The molecule has 0 radical (unpaired) electrons. The topological polar surface area (TPSA) is 74.0 Å². The summed E-state index contributed by atoms with van der Waals surface area (Å²) in [5.74, 6) is 1.64. The zero-order chi connectivity index (χ0) is 15.7. The minimum Gasteiger partial charge on any atom is -0.493 e. The molecule has 6 nitrogen and oxygen atoms in total. The van der Waals surface area contributed by atoms with Crippen molar-refractivity contribution in [2.24, 2.45) is 11.1 Å². The Hall–Kier alpha value is -1.66. The van der Waals surface area contributed by atoms with Gasteiger partial charge in [0, 0.05) is 18.7 Å². The Morgan fingerprint density at radius 2 is 2.13 bits per heavy atom. The summed E-state index contributed by atoms with van der Waals surface area (Å²) in [5.41, 5.74) is 6.38. The summed E-state index contributed by atoms with van der Waals surface area (Å²) >= 11 is 0. The zero-order valence-corrected chi connectivity index (χ0v) is 14.3. The molecule has 2 heterocycles. The van der Waals surface area contributed by atoms with Gasteiger partial charge in [0.15, 0.2) is 11.5 Å². The van der Waals surface area contributed by atoms with E-state index in [1.165, 1.54) is 0 Å². The van der Waals surface area contributed by atoms with Crippen LogP contribution in [-0.4, -0.2) is 50.8 Å². The fourth-order valence-electron chi connectivity index (χ4n) is 2.94. The van der Waals surface area contributed by atoms with Gasteiger partial charge in [0.25, 0.3) is 5.91 Å². The third kappa shape index (κ3) is 3.33. The van der Waals surface area contributed by atoms with Gasteiger partial charge in [-0.3, -0.25) is 4.79 Å². The summed E-state index contributed by atoms with van der Waals surface area (Å²) in [4.78, 5) is 14.6. The minimum absolute atomic E-state index is 0. The number of rotatable bonds is 3. The van der Waals surface area contributed by atoms with E-state index in [1.54, 1.807) is 19.2 Å². The van der Waals surface area contributed by atoms with E-state index in [-0.39, 0.29) is 23.7 Å². The average Bonchev–Trinajstić information content (AvgIpc) is 2.96. The van der Waals surface area contributed by atoms with Crippen LogP contribution in [0.5, 0.6) is 17.2 Å². The molecule has 1 fully saturated rings. The number of nitrogens with two attached hydrogens (primary N) is 1. The SMILES string of the molecule is COc1cc(C(=O)N2CCC(C)(CN)C2)cc2c1OCCO2.Cl. The molecule has 0 bridgehead atoms. The van der Waals surface area contributed by atoms with Crippen LogP contribution in [0.4, 0.5) is 0 Å². The maximum Gasteiger partial charge on any atom is 0.254 e. The molecule has 1 atom stereocenters. The highest BCUT2D eigenvalue weighted by molar-refractivity contribution is 5.96. The molecule has 2 aliphatic heterocycles. The summed E-state index contributed by atoms with van der Waals surface area (Å²) in [6, 6.07) is 3.45. The van der Waals surface area contributed by atoms with Gasteiger partial charge in [0.1, 0.15) is 13.2 Å². The van der Waals surface area contributed by atoms with E-state index in [0.717, 1.165) is 13.0 Å². The molecule has 1 amide bonds. The normalized spacial score (nSPS) is 22.5. The van der Waals surface area contributed by atoms with Gasteiger partial charge < -0.3 is 24.8 Å². The van der Waals surface area contributed by atoms with Crippen molar-refractivity contribution in [3.8, 4) is 17.2 Å². The van der Waals surface area contributed by atoms with Crippen LogP contribution in [0.1, 0.15) is 23.7 Å². The van der Waals surface area contributed by atoms with E-state index in [1.807, 2.05) is 4.90 Å². The van der Waals surface area contributed by atoms with Crippen molar-refractivity contribution >= 4 is 18.3 Å². The van der Waals surface area contributed by atoms with Crippen LogP contribution in [0.3, 0.4) is 0 Å². The molecule has 7 heteroatoms. The Kier molecular flexibility index (Phi) is 5.26. The predicted molar refractivity (Wildman–Crippen MR) is 88.9 cm³/mol. The van der Waals surface area contributed by atoms with Gasteiger partial charge in [-0.25, -0.2) is 0 Å². The average molecular weight is 343 g/mol. The fourth-order valence-corrected chi connectivity index (χ4v) is 2.94. The number of hydrogen-bond acceptors (Lipinski definition) is 5. The first-order chi connectivity index (χ1) is 10.6. The second kappa shape index (κ2) is 6.84. The van der Waals surface area contributed by atoms with Crippen molar-refractivity contribution in [3.63, 3.8) is 0 Å². The number of likely N-dealkylation sites (tertiary alicyclic amines) is 1. The second-order valence-electron chi connectivity index (χ2n) is 6.19. The minimum atomic E-state index is -0.0209. The Bertz CT molecular complexity index is 578. The van der Waals surface area contributed by atoms with E-state index in [2.05, 4.69) is 6.92 Å². The van der Waals surface area contributed by atoms with Crippen molar-refractivity contribution < 1.29 is 19.0 Å². The molecule has 1 saturated heterocycles. The van der Waals surface area contributed by atoms with Crippen molar-refractivity contribution in [1.82, 2.24) is 4.90 Å². The van der Waals surface area contributed by atoms with Crippen LogP contribution >= 0.6 is 12.4 Å². The van der Waals surface area contributed by atoms with Gasteiger partial charge in [-0.05, 0) is 30.5 Å². The second-order valence-corrected chi connectivity index (χ2v) is 6.19. The van der Waals surface area contributed by atoms with Gasteiger partial charge >= 0.3 is 0 Å². The zero-order valence-electron chi connectivity index (χ0n) is 13.5. The van der Waals surface area contributed by atoms with E-state index < -0.39 is 0 Å². The smallest absolute Gasteiger partial charge is 0.254 e. The lowest BCUT2D eigenvalue weighted by atomic mass is 9.90. The number of ether oxygens (including phenoxy) is 3. The number of benzene rings is 1. The van der Waals surface area contributed by atoms with Crippen LogP contribution < -0.4 is 19.9 Å². The molecule has 1 aromatic carbocycles. The lowest BCUT2D eigenvalue weighted by Gasteiger charge is -2.24. The van der Waals surface area contributed by atoms with Crippen molar-refractivity contribution in [1.29, 1.82) is 0 Å². The van der Waals surface area contributed by atoms with Crippen LogP contribution in [0.15, 0.2) is 12.1 Å². The summed E-state index contributed by atoms with van der Waals surface area (Å²) < 4.78 is 16.5. The lowest BCUT2D eigenvalue weighted by molar-refractivity contribution is 0.0775. The first-order valence-electron chi connectivity index (χ1n) is 7.53. The van der Waals surface area contributed by atoms with Crippen molar-refractivity contribution in [3.05, 3.63) is 17.7 Å². The van der Waals surface area contributed by atoms with Crippen LogP contribution in [0.2, 0.25) is 0 Å². The summed E-state index contributed by atoms with van der Waals surface area (Å²) in [6.45, 7) is 5.06. The summed E-state index contributed by atoms with van der Waals surface area (Å²) in [5, 5.41) is 0. The molecule has 0 aromatic heterocycles. The standard InChI is InChI=1S/C16H22N2O4.ClH/c1-16(9-17)3-4-18(10-16)15(19)11-7-12(20-2)14-13(8-11)21-5-6-22-14;/h7-8H,3-6,9-10,17H2,1-2H3;1H. The third-order valence-corrected chi connectivity index (χ3v) is 4.41. The van der Waals surface area contributed by atoms with E-state index in [9.17, 15) is 4.79 Å². The monoisotopic (exact) mass is 342 g/mol. The Balaban J connectivity index is 0.00000192. The van der Waals surface area contributed by atoms with Crippen molar-refractivity contribution in [2.75, 3.05) is 40.0 Å². The van der Waals surface area contributed by atoms with E-state index in [0.29, 0.717) is 49.1 Å². The molecule has 2 N–H and O–H groups in total. The number of methoxy groups -OCH3 is 1. The molecule has 2 aliphatic rings. The van der Waals surface area contributed by atoms with Crippen LogP contribution in [0, 0.1) is 5.41 Å². The number of carbonyl (C=O) groups excluding carboxylic acids is 1. The summed E-state index contributed by atoms with van der Waals surface area (Å²) in [6.07, 6.45) is 0.928. The van der Waals surface area contributed by atoms with Gasteiger partial charge in [0.05, 0.1) is 7.11 Å². The first-order valence-corrected chi connectivity index (χ1v) is 7.53. The predicted octanol–water partition coefficient (Wildman–Crippen LogP) is 1.70. The molecule has 1 aromatic rings. The molecule has 3 rings (SSSR count). The van der Waals surface area contributed by atoms with Crippen LogP contribution in [-0.2, 0) is 0 Å². The molecule has 23 heavy (non-hydrogen) atoms. The van der Waals surface area contributed by atoms with Gasteiger partial charge in [-0.1, -0.05) is 6.92 Å². The maximum atomic E-state index is 12.7. The molecule has 0 saturated carbocycles. The molecular formula is C16H23ClN2O4. The number of halogens is 1. The Morgan fingerprint density at radius 3 is 2.78 bits per heavy atom. The number of fused-ring (bicyclic) bond motifs is 1. The van der Waals surface area contributed by atoms with Gasteiger partial charge in [0.2, 0.25) is 5.75 Å². The first kappa shape index (κ1) is 17.7. The highest BCUT2D eigenvalue weighted by atomic mass is 35.5. The number of amides is 1. The van der Waals surface area contributed by atoms with E-state index >= 15 is 0 Å². The molecular weight excluding hydrogens is 320 g/mol. The highest BCUT2D eigenvalue weighted by Crippen LogP contribution is 2.41. The lowest BCUT2D eigenvalue weighted by Crippen LogP contribution is -2.34. The third-order valence-electron chi connectivity index (χ3n) is 4.41. The summed E-state index contributed by atoms with van der Waals surface area (Å²) in [7, 11) is 1.56. The van der Waals surface area contributed by atoms with Crippen molar-refractivity contribution in [2.45, 2.75) is 13.3 Å². The fraction of sp³-hybridized carbons (Fsp3) is 0.562. The molecule has 1 unspecified atom stereocenters. The Labute approximate surface area is 142 Å². The molecule has 0 spiro atoms. The maximum absolute atomic E-state index is 12.7. The number of carbonyl (C=O) groups is 1. The van der Waals surface area contributed by atoms with Gasteiger partial charge in [-0.15, -0.1) is 12.4 Å². The largest absolute Gasteiger partial charge is 0.493 e. The van der Waals surface area contributed by atoms with Gasteiger partial charge in [-0.2, -0.15) is 0 Å². The quantitative estimate of drug-likeness (QED) is 0.905. The molecule has 128 valence electrons. The van der Waals surface area contributed by atoms with E-state index in [4.69, 9.17) is 19.9 Å². The number of hydrogen-bond donors (Lipinski definition) is 1. The highest BCUT2D eigenvalue weighted by Gasteiger charge is 2.35.